The van der Waals surface area contributed by atoms with Crippen LogP contribution in [0.1, 0.15) is 168 Å². The van der Waals surface area contributed by atoms with Crippen molar-refractivity contribution in [3.8, 4) is 0 Å². The van der Waals surface area contributed by atoms with Gasteiger partial charge in [-0.15, -0.1) is 0 Å². The molecule has 0 radical (unpaired) electrons. The van der Waals surface area contributed by atoms with Gasteiger partial charge in [-0.25, -0.2) is 0 Å². The fourth-order valence-corrected chi connectivity index (χ4v) is 4.19. The van der Waals surface area contributed by atoms with Gasteiger partial charge in [0.2, 0.25) is 0 Å². The van der Waals surface area contributed by atoms with Gasteiger partial charge in [-0.2, -0.15) is 0 Å². The predicted molar refractivity (Wildman–Crippen MR) is 137 cm³/mol. The van der Waals surface area contributed by atoms with E-state index in [1.54, 1.807) is 0 Å². The van der Waals surface area contributed by atoms with Gasteiger partial charge in [0.15, 0.2) is 0 Å². The van der Waals surface area contributed by atoms with Crippen molar-refractivity contribution >= 4 is 0 Å². The van der Waals surface area contributed by atoms with Crippen molar-refractivity contribution in [2.24, 2.45) is 0 Å². The maximum atomic E-state index is 5.81. The van der Waals surface area contributed by atoms with Crippen LogP contribution in [-0.2, 0) is 4.74 Å². The minimum Gasteiger partial charge on any atom is -0.412 e. The van der Waals surface area contributed by atoms with Gasteiger partial charge in [-0.1, -0.05) is 155 Å². The van der Waals surface area contributed by atoms with Crippen molar-refractivity contribution in [1.82, 2.24) is 0 Å². The van der Waals surface area contributed by atoms with Crippen molar-refractivity contribution in [3.05, 3.63) is 0 Å². The molecule has 0 saturated carbocycles. The fraction of sp³-hybridized carbons (Fsp3) is 1.00. The Morgan fingerprint density at radius 1 is 0.300 bits per heavy atom. The SMILES string of the molecule is CCCCCCCCCCCCCCCCOCCCCCCCCCCCC.O. The van der Waals surface area contributed by atoms with Crippen molar-refractivity contribution in [1.29, 1.82) is 0 Å². The van der Waals surface area contributed by atoms with Gasteiger partial charge in [-0.3, -0.25) is 0 Å². The van der Waals surface area contributed by atoms with E-state index in [0.717, 1.165) is 13.2 Å². The summed E-state index contributed by atoms with van der Waals surface area (Å²) in [6, 6.07) is 0. The summed E-state index contributed by atoms with van der Waals surface area (Å²) in [7, 11) is 0. The molecule has 0 amide bonds. The van der Waals surface area contributed by atoms with Crippen LogP contribution in [0, 0.1) is 0 Å². The lowest BCUT2D eigenvalue weighted by atomic mass is 10.0. The fourth-order valence-electron chi connectivity index (χ4n) is 4.19. The average Bonchev–Trinajstić information content (AvgIpc) is 2.74. The standard InChI is InChI=1S/C28H58O.H2O/c1-3-5-7-9-11-13-15-16-17-18-20-22-24-26-28-29-27-25-23-21-19-14-12-10-8-6-4-2;/h3-28H2,1-2H3;1H2. The molecule has 0 atom stereocenters. The molecule has 30 heavy (non-hydrogen) atoms. The molecule has 0 aromatic rings. The van der Waals surface area contributed by atoms with E-state index in [9.17, 15) is 0 Å². The second kappa shape index (κ2) is 31.1. The monoisotopic (exact) mass is 428 g/mol. The van der Waals surface area contributed by atoms with Crippen LogP contribution in [0.3, 0.4) is 0 Å². The van der Waals surface area contributed by atoms with Crippen molar-refractivity contribution < 1.29 is 10.2 Å². The molecular formula is C28H60O2. The molecule has 0 aliphatic carbocycles. The highest BCUT2D eigenvalue weighted by Crippen LogP contribution is 2.13. The van der Waals surface area contributed by atoms with E-state index in [0.29, 0.717) is 0 Å². The molecule has 0 rings (SSSR count). The van der Waals surface area contributed by atoms with Crippen molar-refractivity contribution in [3.63, 3.8) is 0 Å². The third kappa shape index (κ3) is 30.1. The molecule has 184 valence electrons. The van der Waals surface area contributed by atoms with E-state index < -0.39 is 0 Å². The van der Waals surface area contributed by atoms with Crippen LogP contribution in [-0.4, -0.2) is 18.7 Å². The maximum absolute atomic E-state index is 5.81. The molecule has 0 aromatic heterocycles. The summed E-state index contributed by atoms with van der Waals surface area (Å²) < 4.78 is 5.81. The molecule has 0 spiro atoms. The van der Waals surface area contributed by atoms with E-state index in [-0.39, 0.29) is 5.48 Å². The quantitative estimate of drug-likeness (QED) is 0.126. The zero-order valence-corrected chi connectivity index (χ0v) is 21.3. The van der Waals surface area contributed by atoms with Gasteiger partial charge in [0.05, 0.1) is 0 Å². The lowest BCUT2D eigenvalue weighted by Crippen LogP contribution is -1.97. The van der Waals surface area contributed by atoms with Gasteiger partial charge < -0.3 is 10.2 Å². The lowest BCUT2D eigenvalue weighted by Gasteiger charge is -2.05. The zero-order valence-electron chi connectivity index (χ0n) is 21.3. The second-order valence-corrected chi connectivity index (χ2v) is 9.39. The van der Waals surface area contributed by atoms with Crippen molar-refractivity contribution in [2.45, 2.75) is 168 Å². The molecule has 2 heteroatoms. The van der Waals surface area contributed by atoms with E-state index in [2.05, 4.69) is 13.8 Å². The number of hydrogen-bond donors (Lipinski definition) is 0. The molecule has 0 fully saturated rings. The number of rotatable bonds is 26. The lowest BCUT2D eigenvalue weighted by molar-refractivity contribution is 0.125. The summed E-state index contributed by atoms with van der Waals surface area (Å²) in [5, 5.41) is 0. The first-order valence-corrected chi connectivity index (χ1v) is 14.0. The van der Waals surface area contributed by atoms with Gasteiger partial charge >= 0.3 is 0 Å². The largest absolute Gasteiger partial charge is 0.412 e. The smallest absolute Gasteiger partial charge is 0.0466 e. The summed E-state index contributed by atoms with van der Waals surface area (Å²) in [5.74, 6) is 0. The molecule has 0 unspecified atom stereocenters. The molecule has 0 aliphatic rings. The molecule has 0 aliphatic heterocycles. The first-order chi connectivity index (χ1) is 14.4. The molecule has 0 aromatic carbocycles. The minimum absolute atomic E-state index is 0. The van der Waals surface area contributed by atoms with E-state index in [1.165, 1.54) is 154 Å². The Labute approximate surface area is 191 Å². The Bertz CT molecular complexity index is 241. The molecule has 0 saturated heterocycles. The highest BCUT2D eigenvalue weighted by Gasteiger charge is 1.96. The first-order valence-electron chi connectivity index (χ1n) is 14.0. The number of ether oxygens (including phenoxy) is 1. The summed E-state index contributed by atoms with van der Waals surface area (Å²) in [6.45, 7) is 6.58. The third-order valence-electron chi connectivity index (χ3n) is 6.28. The average molecular weight is 429 g/mol. The number of hydrogen-bond acceptors (Lipinski definition) is 1. The Balaban J connectivity index is 0. The highest BCUT2D eigenvalue weighted by molar-refractivity contribution is 4.50. The Kier molecular flexibility index (Phi) is 33.3. The zero-order chi connectivity index (χ0) is 21.1. The summed E-state index contributed by atoms with van der Waals surface area (Å²) >= 11 is 0. The molecule has 0 heterocycles. The molecular weight excluding hydrogens is 368 g/mol. The van der Waals surface area contributed by atoms with Crippen LogP contribution in [0.25, 0.3) is 0 Å². The molecule has 2 N–H and O–H groups in total. The van der Waals surface area contributed by atoms with E-state index >= 15 is 0 Å². The van der Waals surface area contributed by atoms with E-state index in [4.69, 9.17) is 4.74 Å². The topological polar surface area (TPSA) is 40.7 Å². The summed E-state index contributed by atoms with van der Waals surface area (Å²) in [5.41, 5.74) is 0. The Hall–Kier alpha value is -0.0800. The van der Waals surface area contributed by atoms with Crippen LogP contribution < -0.4 is 0 Å². The van der Waals surface area contributed by atoms with Gasteiger partial charge in [0.25, 0.3) is 0 Å². The van der Waals surface area contributed by atoms with Crippen LogP contribution in [0.2, 0.25) is 0 Å². The van der Waals surface area contributed by atoms with Crippen LogP contribution >= 0.6 is 0 Å². The maximum Gasteiger partial charge on any atom is 0.0466 e. The normalized spacial score (nSPS) is 11.0. The minimum atomic E-state index is 0. The van der Waals surface area contributed by atoms with Crippen molar-refractivity contribution in [2.75, 3.05) is 13.2 Å². The van der Waals surface area contributed by atoms with Gasteiger partial charge in [-0.05, 0) is 12.8 Å². The van der Waals surface area contributed by atoms with Crippen LogP contribution in [0.5, 0.6) is 0 Å². The third-order valence-corrected chi connectivity index (χ3v) is 6.28. The van der Waals surface area contributed by atoms with E-state index in [1.807, 2.05) is 0 Å². The predicted octanol–water partition coefficient (Wildman–Crippen LogP) is 9.58. The van der Waals surface area contributed by atoms with Gasteiger partial charge in [0.1, 0.15) is 0 Å². The number of unbranched alkanes of at least 4 members (excludes halogenated alkanes) is 22. The molecule has 2 nitrogen and oxygen atoms in total. The van der Waals surface area contributed by atoms with Crippen LogP contribution in [0.15, 0.2) is 0 Å². The first kappa shape index (κ1) is 32.1. The summed E-state index contributed by atoms with van der Waals surface area (Å²) in [4.78, 5) is 0. The van der Waals surface area contributed by atoms with Crippen LogP contribution in [0.4, 0.5) is 0 Å². The molecule has 0 bridgehead atoms. The van der Waals surface area contributed by atoms with Gasteiger partial charge in [0, 0.05) is 13.2 Å². The Morgan fingerprint density at radius 2 is 0.500 bits per heavy atom. The Morgan fingerprint density at radius 3 is 0.733 bits per heavy atom. The second-order valence-electron chi connectivity index (χ2n) is 9.39. The summed E-state index contributed by atoms with van der Waals surface area (Å²) in [6.07, 6.45) is 34.1. The highest BCUT2D eigenvalue weighted by atomic mass is 16.5.